The average molecular weight is 221 g/mol. The molecule has 84 valence electrons. The van der Waals surface area contributed by atoms with Crippen LogP contribution in [0.3, 0.4) is 0 Å². The Morgan fingerprint density at radius 3 is 2.64 bits per heavy atom. The van der Waals surface area contributed by atoms with Gasteiger partial charge in [-0.1, -0.05) is 6.92 Å². The van der Waals surface area contributed by atoms with E-state index in [9.17, 15) is 13.5 Å². The number of aliphatic hydroxyl groups is 1. The average Bonchev–Trinajstić information content (AvgIpc) is 2.86. The molecular weight excluding hydrogens is 202 g/mol. The number of aliphatic hydroxyl groups excluding tert-OH is 1. The van der Waals surface area contributed by atoms with Gasteiger partial charge in [-0.25, -0.2) is 13.1 Å². The topological polar surface area (TPSA) is 66.4 Å². The molecule has 1 unspecified atom stereocenters. The van der Waals surface area contributed by atoms with Crippen molar-refractivity contribution in [1.29, 1.82) is 0 Å². The summed E-state index contributed by atoms with van der Waals surface area (Å²) in [5, 5.41) is 9.21. The Balaban J connectivity index is 2.15. The monoisotopic (exact) mass is 221 g/mol. The first-order valence-electron chi connectivity index (χ1n) is 5.19. The van der Waals surface area contributed by atoms with Gasteiger partial charge in [0.2, 0.25) is 10.0 Å². The lowest BCUT2D eigenvalue weighted by Crippen LogP contribution is -2.29. The smallest absolute Gasteiger partial charge is 0.211 e. The molecule has 5 heteroatoms. The lowest BCUT2D eigenvalue weighted by Gasteiger charge is -2.08. The quantitative estimate of drug-likeness (QED) is 0.657. The zero-order valence-electron chi connectivity index (χ0n) is 8.57. The minimum Gasteiger partial charge on any atom is -0.393 e. The molecule has 1 aliphatic carbocycles. The molecular formula is C9H19NO3S. The number of hydrogen-bond donors (Lipinski definition) is 2. The predicted molar refractivity (Wildman–Crippen MR) is 55.4 cm³/mol. The summed E-state index contributed by atoms with van der Waals surface area (Å²) >= 11 is 0. The van der Waals surface area contributed by atoms with Crippen LogP contribution in [0.1, 0.15) is 32.6 Å². The van der Waals surface area contributed by atoms with Crippen molar-refractivity contribution in [1.82, 2.24) is 4.72 Å². The lowest BCUT2D eigenvalue weighted by molar-refractivity contribution is 0.162. The van der Waals surface area contributed by atoms with Gasteiger partial charge in [0.15, 0.2) is 0 Å². The molecule has 0 bridgehead atoms. The molecule has 0 aromatic heterocycles. The van der Waals surface area contributed by atoms with Crippen LogP contribution in [0, 0.1) is 5.92 Å². The summed E-state index contributed by atoms with van der Waals surface area (Å²) in [4.78, 5) is 0. The fourth-order valence-electron chi connectivity index (χ4n) is 1.24. The SMILES string of the molecule is CCC(O)CCNS(=O)(=O)CC1CC1. The van der Waals surface area contributed by atoms with Crippen molar-refractivity contribution < 1.29 is 13.5 Å². The Hall–Kier alpha value is -0.130. The molecule has 0 amide bonds. The van der Waals surface area contributed by atoms with Crippen molar-refractivity contribution in [3.8, 4) is 0 Å². The second-order valence-corrected chi connectivity index (χ2v) is 5.82. The summed E-state index contributed by atoms with van der Waals surface area (Å²) in [6.45, 7) is 2.23. The van der Waals surface area contributed by atoms with Crippen molar-refractivity contribution in [3.63, 3.8) is 0 Å². The molecule has 1 atom stereocenters. The number of rotatable bonds is 7. The standard InChI is InChI=1S/C9H19NO3S/c1-2-9(11)5-6-10-14(12,13)7-8-3-4-8/h8-11H,2-7H2,1H3. The molecule has 2 N–H and O–H groups in total. The van der Waals surface area contributed by atoms with E-state index in [-0.39, 0.29) is 5.75 Å². The minimum atomic E-state index is -3.08. The van der Waals surface area contributed by atoms with Crippen molar-refractivity contribution in [3.05, 3.63) is 0 Å². The van der Waals surface area contributed by atoms with Gasteiger partial charge in [-0.2, -0.15) is 0 Å². The van der Waals surface area contributed by atoms with Crippen LogP contribution >= 0.6 is 0 Å². The lowest BCUT2D eigenvalue weighted by atomic mass is 10.2. The van der Waals surface area contributed by atoms with Gasteiger partial charge in [0, 0.05) is 6.54 Å². The summed E-state index contributed by atoms with van der Waals surface area (Å²) in [7, 11) is -3.08. The van der Waals surface area contributed by atoms with E-state index in [0.717, 1.165) is 12.8 Å². The summed E-state index contributed by atoms with van der Waals surface area (Å²) in [5.74, 6) is 0.637. The van der Waals surface area contributed by atoms with Gasteiger partial charge in [-0.15, -0.1) is 0 Å². The second-order valence-electron chi connectivity index (χ2n) is 3.97. The van der Waals surface area contributed by atoms with Crippen LogP contribution < -0.4 is 4.72 Å². The second kappa shape index (κ2) is 5.09. The highest BCUT2D eigenvalue weighted by atomic mass is 32.2. The maximum absolute atomic E-state index is 11.4. The molecule has 1 fully saturated rings. The van der Waals surface area contributed by atoms with E-state index in [0.29, 0.717) is 25.3 Å². The van der Waals surface area contributed by atoms with E-state index in [4.69, 9.17) is 0 Å². The Kier molecular flexibility index (Phi) is 4.34. The third kappa shape index (κ3) is 4.93. The van der Waals surface area contributed by atoms with Crippen LogP contribution in [0.4, 0.5) is 0 Å². The molecule has 1 rings (SSSR count). The highest BCUT2D eigenvalue weighted by molar-refractivity contribution is 7.89. The van der Waals surface area contributed by atoms with E-state index >= 15 is 0 Å². The fourth-order valence-corrected chi connectivity index (χ4v) is 2.74. The molecule has 0 radical (unpaired) electrons. The summed E-state index contributed by atoms with van der Waals surface area (Å²) in [6, 6.07) is 0. The van der Waals surface area contributed by atoms with E-state index in [1.54, 1.807) is 0 Å². The van der Waals surface area contributed by atoms with Gasteiger partial charge in [-0.3, -0.25) is 0 Å². The Labute approximate surface area is 85.8 Å². The van der Waals surface area contributed by atoms with Gasteiger partial charge in [-0.05, 0) is 31.6 Å². The Bertz CT molecular complexity index is 259. The highest BCUT2D eigenvalue weighted by Crippen LogP contribution is 2.29. The van der Waals surface area contributed by atoms with Crippen molar-refractivity contribution in [2.75, 3.05) is 12.3 Å². The molecule has 0 heterocycles. The summed E-state index contributed by atoms with van der Waals surface area (Å²) in [5.41, 5.74) is 0. The zero-order valence-corrected chi connectivity index (χ0v) is 9.39. The largest absolute Gasteiger partial charge is 0.393 e. The molecule has 4 nitrogen and oxygen atoms in total. The van der Waals surface area contributed by atoms with Crippen LogP contribution in [0.5, 0.6) is 0 Å². The molecule has 0 spiro atoms. The summed E-state index contributed by atoms with van der Waals surface area (Å²) in [6.07, 6.45) is 2.86. The maximum Gasteiger partial charge on any atom is 0.211 e. The van der Waals surface area contributed by atoms with Gasteiger partial charge in [0.25, 0.3) is 0 Å². The molecule has 0 saturated heterocycles. The molecule has 0 aliphatic heterocycles. The third-order valence-corrected chi connectivity index (χ3v) is 3.98. The zero-order chi connectivity index (χ0) is 10.6. The first-order valence-corrected chi connectivity index (χ1v) is 6.84. The molecule has 0 aromatic carbocycles. The van der Waals surface area contributed by atoms with Gasteiger partial charge in [0.05, 0.1) is 11.9 Å². The molecule has 0 aromatic rings. The van der Waals surface area contributed by atoms with Gasteiger partial charge >= 0.3 is 0 Å². The van der Waals surface area contributed by atoms with Crippen molar-refractivity contribution >= 4 is 10.0 Å². The van der Waals surface area contributed by atoms with Crippen LogP contribution in [0.15, 0.2) is 0 Å². The maximum atomic E-state index is 11.4. The van der Waals surface area contributed by atoms with E-state index in [2.05, 4.69) is 4.72 Å². The first-order chi connectivity index (χ1) is 6.53. The predicted octanol–water partition coefficient (Wildman–Crippen LogP) is 0.477. The fraction of sp³-hybridized carbons (Fsp3) is 1.00. The van der Waals surface area contributed by atoms with Crippen molar-refractivity contribution in [2.45, 2.75) is 38.7 Å². The number of hydrogen-bond acceptors (Lipinski definition) is 3. The number of sulfonamides is 1. The van der Waals surface area contributed by atoms with E-state index in [1.807, 2.05) is 6.92 Å². The van der Waals surface area contributed by atoms with Gasteiger partial charge in [0.1, 0.15) is 0 Å². The third-order valence-electron chi connectivity index (χ3n) is 2.42. The molecule has 14 heavy (non-hydrogen) atoms. The first kappa shape index (κ1) is 11.9. The number of nitrogens with one attached hydrogen (secondary N) is 1. The molecule has 1 saturated carbocycles. The Morgan fingerprint density at radius 2 is 2.14 bits per heavy atom. The van der Waals surface area contributed by atoms with Crippen LogP contribution in [-0.4, -0.2) is 31.9 Å². The summed E-state index contributed by atoms with van der Waals surface area (Å²) < 4.78 is 25.2. The van der Waals surface area contributed by atoms with Crippen LogP contribution in [0.25, 0.3) is 0 Å². The van der Waals surface area contributed by atoms with Crippen molar-refractivity contribution in [2.24, 2.45) is 5.92 Å². The van der Waals surface area contributed by atoms with Crippen LogP contribution in [0.2, 0.25) is 0 Å². The Morgan fingerprint density at radius 1 is 1.50 bits per heavy atom. The minimum absolute atomic E-state index is 0.259. The normalized spacial score (nSPS) is 19.6. The van der Waals surface area contributed by atoms with E-state index < -0.39 is 16.1 Å². The van der Waals surface area contributed by atoms with Gasteiger partial charge < -0.3 is 5.11 Å². The van der Waals surface area contributed by atoms with Crippen LogP contribution in [-0.2, 0) is 10.0 Å². The highest BCUT2D eigenvalue weighted by Gasteiger charge is 2.27. The molecule has 1 aliphatic rings. The van der Waals surface area contributed by atoms with E-state index in [1.165, 1.54) is 0 Å².